The Morgan fingerprint density at radius 2 is 1.94 bits per heavy atom. The summed E-state index contributed by atoms with van der Waals surface area (Å²) in [6.07, 6.45) is 2.02. The van der Waals surface area contributed by atoms with Gasteiger partial charge in [0.05, 0.1) is 29.7 Å². The summed E-state index contributed by atoms with van der Waals surface area (Å²) in [6, 6.07) is 5.25. The molecule has 0 spiro atoms. The van der Waals surface area contributed by atoms with Crippen LogP contribution in [0.1, 0.15) is 16.2 Å². The van der Waals surface area contributed by atoms with Crippen LogP contribution in [0.4, 0.5) is 19.0 Å². The van der Waals surface area contributed by atoms with Gasteiger partial charge in [-0.05, 0) is 18.6 Å². The van der Waals surface area contributed by atoms with E-state index in [2.05, 4.69) is 25.0 Å². The topological polar surface area (TPSA) is 97.3 Å². The third-order valence-corrected chi connectivity index (χ3v) is 4.77. The predicted octanol–water partition coefficient (Wildman–Crippen LogP) is 3.48. The smallest absolute Gasteiger partial charge is 0.289 e. The molecule has 0 aliphatic carbocycles. The van der Waals surface area contributed by atoms with Crippen molar-refractivity contribution in [3.05, 3.63) is 64.7 Å². The molecular formula is C21H17ClF3N5O3. The Morgan fingerprint density at radius 3 is 2.64 bits per heavy atom. The summed E-state index contributed by atoms with van der Waals surface area (Å²) in [5.41, 5.74) is 0.918. The van der Waals surface area contributed by atoms with Gasteiger partial charge in [0.25, 0.3) is 5.91 Å². The van der Waals surface area contributed by atoms with Gasteiger partial charge in [-0.1, -0.05) is 23.7 Å². The number of benzene rings is 1. The van der Waals surface area contributed by atoms with Crippen molar-refractivity contribution in [1.29, 1.82) is 0 Å². The van der Waals surface area contributed by atoms with Crippen molar-refractivity contribution in [3.63, 3.8) is 0 Å². The van der Waals surface area contributed by atoms with Gasteiger partial charge >= 0.3 is 0 Å². The van der Waals surface area contributed by atoms with Crippen molar-refractivity contribution >= 4 is 29.2 Å². The quantitative estimate of drug-likeness (QED) is 0.557. The minimum Gasteiger partial charge on any atom is -0.459 e. The van der Waals surface area contributed by atoms with Crippen LogP contribution in [0.25, 0.3) is 11.3 Å². The zero-order valence-electron chi connectivity index (χ0n) is 17.4. The Hall–Kier alpha value is -3.73. The maximum absolute atomic E-state index is 13.9. The van der Waals surface area contributed by atoms with Gasteiger partial charge < -0.3 is 10.1 Å². The first kappa shape index (κ1) is 23.9. The summed E-state index contributed by atoms with van der Waals surface area (Å²) in [7, 11) is 1.29. The second kappa shape index (κ2) is 10.3. The van der Waals surface area contributed by atoms with E-state index in [9.17, 15) is 22.8 Å². The second-order valence-electron chi connectivity index (χ2n) is 6.72. The van der Waals surface area contributed by atoms with Crippen LogP contribution in [0.5, 0.6) is 5.75 Å². The maximum Gasteiger partial charge on any atom is 0.289 e. The average molecular weight is 480 g/mol. The fourth-order valence-corrected chi connectivity index (χ4v) is 2.92. The van der Waals surface area contributed by atoms with E-state index in [0.29, 0.717) is 11.1 Å². The Balaban J connectivity index is 1.73. The molecule has 0 radical (unpaired) electrons. The van der Waals surface area contributed by atoms with Gasteiger partial charge in [-0.3, -0.25) is 14.5 Å². The normalized spacial score (nSPS) is 10.6. The lowest BCUT2D eigenvalue weighted by molar-refractivity contribution is -0.117. The van der Waals surface area contributed by atoms with E-state index in [-0.39, 0.29) is 28.1 Å². The lowest BCUT2D eigenvalue weighted by Gasteiger charge is -2.19. The predicted molar refractivity (Wildman–Crippen MR) is 114 cm³/mol. The molecule has 0 aliphatic rings. The van der Waals surface area contributed by atoms with Crippen molar-refractivity contribution in [2.75, 3.05) is 25.4 Å². The highest BCUT2D eigenvalue weighted by Gasteiger charge is 2.20. The molecule has 1 N–H and O–H groups in total. The monoisotopic (exact) mass is 479 g/mol. The van der Waals surface area contributed by atoms with Crippen molar-refractivity contribution < 1.29 is 27.5 Å². The molecule has 2 aromatic heterocycles. The van der Waals surface area contributed by atoms with E-state index in [1.165, 1.54) is 19.3 Å². The molecule has 0 atom stereocenters. The molecule has 0 saturated carbocycles. The SMILES string of the molecule is Cc1ccc(-c2nc(C(=O)NCC(=O)N(C)c3ncc(F)cc3OCF)ncc2Cl)cc1F. The summed E-state index contributed by atoms with van der Waals surface area (Å²) in [4.78, 5) is 37.5. The number of anilines is 1. The molecule has 12 heteroatoms. The Bertz CT molecular complexity index is 1210. The van der Waals surface area contributed by atoms with Crippen LogP contribution >= 0.6 is 11.6 Å². The van der Waals surface area contributed by atoms with Crippen LogP contribution in [0.3, 0.4) is 0 Å². The first-order valence-corrected chi connectivity index (χ1v) is 9.77. The molecule has 0 saturated heterocycles. The number of likely N-dealkylation sites (N-methyl/N-ethyl adjacent to an activating group) is 1. The van der Waals surface area contributed by atoms with Crippen molar-refractivity contribution in [1.82, 2.24) is 20.3 Å². The third-order valence-electron chi connectivity index (χ3n) is 4.49. The molecule has 2 heterocycles. The highest BCUT2D eigenvalue weighted by atomic mass is 35.5. The van der Waals surface area contributed by atoms with E-state index in [1.54, 1.807) is 19.1 Å². The van der Waals surface area contributed by atoms with Gasteiger partial charge in [0.1, 0.15) is 11.6 Å². The van der Waals surface area contributed by atoms with Crippen LogP contribution < -0.4 is 15.0 Å². The van der Waals surface area contributed by atoms with Crippen molar-refractivity contribution in [2.45, 2.75) is 6.92 Å². The molecule has 0 aliphatic heterocycles. The number of pyridine rings is 1. The van der Waals surface area contributed by atoms with Gasteiger partial charge in [-0.25, -0.2) is 28.1 Å². The minimum absolute atomic E-state index is 0.105. The first-order chi connectivity index (χ1) is 15.7. The number of amides is 2. The number of hydrogen-bond acceptors (Lipinski definition) is 6. The molecule has 3 aromatic rings. The number of rotatable bonds is 7. The van der Waals surface area contributed by atoms with E-state index in [0.717, 1.165) is 17.2 Å². The van der Waals surface area contributed by atoms with Gasteiger partial charge in [0.15, 0.2) is 11.6 Å². The van der Waals surface area contributed by atoms with Crippen molar-refractivity contribution in [3.8, 4) is 17.0 Å². The standard InChI is InChI=1S/C21H17ClF3N5O3/c1-11-3-4-12(5-15(11)25)18-14(22)8-26-19(29-18)21(32)28-9-17(31)30(2)20-16(33-10-23)6-13(24)7-27-20/h3-8H,9-10H2,1-2H3,(H,28,32). The molecule has 8 nitrogen and oxygen atoms in total. The number of nitrogens with zero attached hydrogens (tertiary/aromatic N) is 4. The van der Waals surface area contributed by atoms with Gasteiger partial charge in [-0.15, -0.1) is 0 Å². The van der Waals surface area contributed by atoms with Gasteiger partial charge in [0.2, 0.25) is 18.6 Å². The number of aromatic nitrogens is 3. The summed E-state index contributed by atoms with van der Waals surface area (Å²) in [6.45, 7) is -0.163. The fourth-order valence-electron chi connectivity index (χ4n) is 2.72. The zero-order valence-corrected chi connectivity index (χ0v) is 18.2. The highest BCUT2D eigenvalue weighted by Crippen LogP contribution is 2.27. The van der Waals surface area contributed by atoms with E-state index < -0.39 is 36.9 Å². The van der Waals surface area contributed by atoms with E-state index in [4.69, 9.17) is 11.6 Å². The minimum atomic E-state index is -1.25. The number of carbonyl (C=O) groups excluding carboxylic acids is 2. The lowest BCUT2D eigenvalue weighted by atomic mass is 10.1. The lowest BCUT2D eigenvalue weighted by Crippen LogP contribution is -2.39. The molecule has 0 unspecified atom stereocenters. The number of ether oxygens (including phenoxy) is 1. The number of aryl methyl sites for hydroxylation is 1. The van der Waals surface area contributed by atoms with Crippen LogP contribution in [-0.2, 0) is 4.79 Å². The van der Waals surface area contributed by atoms with E-state index in [1.807, 2.05) is 0 Å². The van der Waals surface area contributed by atoms with Gasteiger partial charge in [-0.2, -0.15) is 0 Å². The van der Waals surface area contributed by atoms with Crippen LogP contribution in [0.15, 0.2) is 36.7 Å². The van der Waals surface area contributed by atoms with Crippen LogP contribution in [-0.4, -0.2) is 47.2 Å². The Labute approximate surface area is 191 Å². The summed E-state index contributed by atoms with van der Waals surface area (Å²) >= 11 is 6.10. The Morgan fingerprint density at radius 1 is 1.18 bits per heavy atom. The number of nitrogens with one attached hydrogen (secondary N) is 1. The average Bonchev–Trinajstić information content (AvgIpc) is 2.79. The summed E-state index contributed by atoms with van der Waals surface area (Å²) < 4.78 is 44.5. The number of carbonyl (C=O) groups is 2. The van der Waals surface area contributed by atoms with Crippen LogP contribution in [0.2, 0.25) is 5.02 Å². The third kappa shape index (κ3) is 5.55. The summed E-state index contributed by atoms with van der Waals surface area (Å²) in [5, 5.41) is 2.45. The fraction of sp³-hybridized carbons (Fsp3) is 0.190. The Kier molecular flexibility index (Phi) is 7.44. The first-order valence-electron chi connectivity index (χ1n) is 9.39. The molecular weight excluding hydrogens is 463 g/mol. The molecule has 33 heavy (non-hydrogen) atoms. The number of hydrogen-bond donors (Lipinski definition) is 1. The molecule has 3 rings (SSSR count). The summed E-state index contributed by atoms with van der Waals surface area (Å²) in [5.74, 6) is -3.43. The number of alkyl halides is 1. The molecule has 172 valence electrons. The molecule has 2 amide bonds. The number of halogens is 4. The molecule has 1 aromatic carbocycles. The maximum atomic E-state index is 13.9. The zero-order chi connectivity index (χ0) is 24.1. The van der Waals surface area contributed by atoms with Crippen molar-refractivity contribution in [2.24, 2.45) is 0 Å². The largest absolute Gasteiger partial charge is 0.459 e. The second-order valence-corrected chi connectivity index (χ2v) is 7.13. The molecule has 0 fully saturated rings. The highest BCUT2D eigenvalue weighted by molar-refractivity contribution is 6.32. The molecule has 0 bridgehead atoms. The van der Waals surface area contributed by atoms with Gasteiger partial charge in [0, 0.05) is 18.7 Å². The van der Waals surface area contributed by atoms with Crippen LogP contribution in [0, 0.1) is 18.6 Å². The van der Waals surface area contributed by atoms with E-state index >= 15 is 0 Å².